The van der Waals surface area contributed by atoms with Crippen molar-refractivity contribution in [1.82, 2.24) is 20.9 Å². The molecule has 1 aromatic carbocycles. The average molecular weight is 396 g/mol. The Morgan fingerprint density at radius 1 is 1.14 bits per heavy atom. The summed E-state index contributed by atoms with van der Waals surface area (Å²) in [4.78, 5) is 38.4. The van der Waals surface area contributed by atoms with E-state index in [9.17, 15) is 14.4 Å². The molecule has 4 fully saturated rings. The molecule has 0 spiro atoms. The topological polar surface area (TPSA) is 90.5 Å². The van der Waals surface area contributed by atoms with Gasteiger partial charge in [-0.3, -0.25) is 19.7 Å². The van der Waals surface area contributed by atoms with Gasteiger partial charge in [0, 0.05) is 31.1 Å². The number of carbonyl (C=O) groups excluding carboxylic acids is 3. The van der Waals surface area contributed by atoms with Crippen molar-refractivity contribution >= 4 is 17.7 Å². The van der Waals surface area contributed by atoms with E-state index in [2.05, 4.69) is 16.0 Å². The van der Waals surface area contributed by atoms with Crippen LogP contribution >= 0.6 is 0 Å². The fourth-order valence-corrected chi connectivity index (χ4v) is 5.59. The molecule has 0 radical (unpaired) electrons. The van der Waals surface area contributed by atoms with Crippen LogP contribution in [0.15, 0.2) is 18.2 Å². The zero-order valence-electron chi connectivity index (χ0n) is 16.6. The Labute approximate surface area is 170 Å². The van der Waals surface area contributed by atoms with Crippen LogP contribution in [0.1, 0.15) is 53.6 Å². The third kappa shape index (κ3) is 3.46. The molecule has 3 N–H and O–H groups in total. The third-order valence-corrected chi connectivity index (χ3v) is 7.12. The maximum absolute atomic E-state index is 13.1. The summed E-state index contributed by atoms with van der Waals surface area (Å²) in [5.74, 6) is 0.768. The fourth-order valence-electron chi connectivity index (χ4n) is 5.59. The maximum atomic E-state index is 13.1. The lowest BCUT2D eigenvalue weighted by molar-refractivity contribution is -0.136. The van der Waals surface area contributed by atoms with E-state index in [1.54, 1.807) is 4.90 Å². The van der Waals surface area contributed by atoms with Crippen LogP contribution in [-0.4, -0.2) is 47.8 Å². The number of nitrogens with zero attached hydrogens (tertiary/aromatic N) is 1. The highest BCUT2D eigenvalue weighted by atomic mass is 16.2. The number of rotatable bonds is 5. The summed E-state index contributed by atoms with van der Waals surface area (Å²) in [6.45, 7) is 3.22. The van der Waals surface area contributed by atoms with Crippen LogP contribution in [0.25, 0.3) is 0 Å². The van der Waals surface area contributed by atoms with Crippen molar-refractivity contribution in [2.45, 2.75) is 57.3 Å². The summed E-state index contributed by atoms with van der Waals surface area (Å²) < 4.78 is 0. The van der Waals surface area contributed by atoms with Crippen molar-refractivity contribution in [2.75, 3.05) is 13.1 Å². The van der Waals surface area contributed by atoms with Gasteiger partial charge in [0.15, 0.2) is 0 Å². The first kappa shape index (κ1) is 18.8. The van der Waals surface area contributed by atoms with Crippen LogP contribution in [0.5, 0.6) is 0 Å². The normalized spacial score (nSPS) is 31.2. The second kappa shape index (κ2) is 7.54. The molecular weight excluding hydrogens is 368 g/mol. The van der Waals surface area contributed by atoms with Gasteiger partial charge in [-0.05, 0) is 61.7 Å². The predicted octanol–water partition coefficient (Wildman–Crippen LogP) is 0.925. The number of nitrogens with one attached hydrogen (secondary N) is 3. The van der Waals surface area contributed by atoms with E-state index in [1.165, 1.54) is 19.3 Å². The molecule has 2 bridgehead atoms. The number of hydrogen-bond acceptors (Lipinski definition) is 5. The Bertz CT molecular complexity index is 846. The molecule has 1 aromatic rings. The van der Waals surface area contributed by atoms with Gasteiger partial charge < -0.3 is 15.5 Å². The van der Waals surface area contributed by atoms with Crippen molar-refractivity contribution in [3.8, 4) is 0 Å². The van der Waals surface area contributed by atoms with Crippen LogP contribution in [-0.2, 0) is 22.7 Å². The molecule has 4 atom stereocenters. The number of imide groups is 1. The van der Waals surface area contributed by atoms with E-state index in [0.717, 1.165) is 35.7 Å². The molecule has 5 aliphatic rings. The highest BCUT2D eigenvalue weighted by molar-refractivity contribution is 6.05. The highest BCUT2D eigenvalue weighted by Gasteiger charge is 2.40. The van der Waals surface area contributed by atoms with Crippen molar-refractivity contribution in [3.05, 3.63) is 34.9 Å². The molecule has 0 aromatic heterocycles. The Kier molecular flexibility index (Phi) is 4.87. The summed E-state index contributed by atoms with van der Waals surface area (Å²) in [7, 11) is 0. The van der Waals surface area contributed by atoms with Gasteiger partial charge in [0.1, 0.15) is 6.04 Å². The van der Waals surface area contributed by atoms with E-state index in [4.69, 9.17) is 0 Å². The number of amides is 3. The van der Waals surface area contributed by atoms with Crippen LogP contribution in [0.4, 0.5) is 0 Å². The average Bonchev–Trinajstić information content (AvgIpc) is 3.06. The minimum absolute atomic E-state index is 0.0923. The number of piperidine rings is 3. The van der Waals surface area contributed by atoms with Crippen LogP contribution in [0.3, 0.4) is 0 Å². The molecule has 1 aliphatic carbocycles. The second-order valence-electron chi connectivity index (χ2n) is 8.94. The van der Waals surface area contributed by atoms with E-state index in [-0.39, 0.29) is 24.1 Å². The van der Waals surface area contributed by atoms with Gasteiger partial charge >= 0.3 is 0 Å². The fraction of sp³-hybridized carbons (Fsp3) is 0.591. The maximum Gasteiger partial charge on any atom is 0.255 e. The lowest BCUT2D eigenvalue weighted by atomic mass is 9.74. The van der Waals surface area contributed by atoms with E-state index < -0.39 is 6.04 Å². The van der Waals surface area contributed by atoms with Crippen LogP contribution in [0.2, 0.25) is 0 Å². The number of hydrogen-bond donors (Lipinski definition) is 3. The summed E-state index contributed by atoms with van der Waals surface area (Å²) in [6.07, 6.45) is 4.60. The quantitative estimate of drug-likeness (QED) is 0.644. The smallest absolute Gasteiger partial charge is 0.255 e. The minimum atomic E-state index is -0.558. The molecule has 3 saturated heterocycles. The predicted molar refractivity (Wildman–Crippen MR) is 107 cm³/mol. The first-order valence-corrected chi connectivity index (χ1v) is 10.8. The SMILES string of the molecule is O=C1CCC(N2Cc3cccc(CNCC4CC5CCC4NC5)c3C2=O)C(=O)N1. The van der Waals surface area contributed by atoms with Crippen LogP contribution in [0, 0.1) is 11.8 Å². The van der Waals surface area contributed by atoms with Crippen molar-refractivity contribution in [3.63, 3.8) is 0 Å². The van der Waals surface area contributed by atoms with Crippen molar-refractivity contribution in [2.24, 2.45) is 11.8 Å². The Hall–Kier alpha value is -2.25. The molecule has 4 heterocycles. The Morgan fingerprint density at radius 2 is 2.03 bits per heavy atom. The number of fused-ring (bicyclic) bond motifs is 4. The third-order valence-electron chi connectivity index (χ3n) is 7.12. The van der Waals surface area contributed by atoms with E-state index >= 15 is 0 Å². The summed E-state index contributed by atoms with van der Waals surface area (Å²) in [5.41, 5.74) is 2.70. The molecule has 4 aliphatic heterocycles. The first-order valence-electron chi connectivity index (χ1n) is 10.8. The van der Waals surface area contributed by atoms with Gasteiger partial charge in [0.25, 0.3) is 5.91 Å². The molecule has 29 heavy (non-hydrogen) atoms. The summed E-state index contributed by atoms with van der Waals surface area (Å²) >= 11 is 0. The molecule has 4 unspecified atom stereocenters. The zero-order valence-corrected chi connectivity index (χ0v) is 16.6. The molecular formula is C22H28N4O3. The van der Waals surface area contributed by atoms with Gasteiger partial charge in [-0.25, -0.2) is 0 Å². The lowest BCUT2D eigenvalue weighted by Crippen LogP contribution is -2.52. The Balaban J connectivity index is 1.25. The van der Waals surface area contributed by atoms with Crippen molar-refractivity contribution in [1.29, 1.82) is 0 Å². The molecule has 6 rings (SSSR count). The molecule has 154 valence electrons. The lowest BCUT2D eigenvalue weighted by Gasteiger charge is -2.43. The monoisotopic (exact) mass is 396 g/mol. The summed E-state index contributed by atoms with van der Waals surface area (Å²) in [5, 5.41) is 9.60. The van der Waals surface area contributed by atoms with E-state index in [1.807, 2.05) is 18.2 Å². The molecule has 1 saturated carbocycles. The zero-order chi connectivity index (χ0) is 20.0. The standard InChI is InChI=1S/C22H28N4O3/c27-19-7-6-18(21(28)25-19)26-12-15-3-1-2-14(20(15)22(26)29)10-23-11-16-8-13-4-5-17(16)24-9-13/h1-3,13,16-18,23-24H,4-12H2,(H,25,27,28). The van der Waals surface area contributed by atoms with E-state index in [0.29, 0.717) is 31.5 Å². The van der Waals surface area contributed by atoms with Gasteiger partial charge in [0.05, 0.1) is 0 Å². The first-order chi connectivity index (χ1) is 14.1. The molecule has 7 heteroatoms. The van der Waals surface area contributed by atoms with Crippen molar-refractivity contribution < 1.29 is 14.4 Å². The summed E-state index contributed by atoms with van der Waals surface area (Å²) in [6, 6.07) is 6.02. The highest BCUT2D eigenvalue weighted by Crippen LogP contribution is 2.33. The Morgan fingerprint density at radius 3 is 2.76 bits per heavy atom. The van der Waals surface area contributed by atoms with Gasteiger partial charge in [-0.1, -0.05) is 18.2 Å². The van der Waals surface area contributed by atoms with Gasteiger partial charge in [-0.2, -0.15) is 0 Å². The number of benzene rings is 1. The molecule has 3 amide bonds. The number of carbonyl (C=O) groups is 3. The van der Waals surface area contributed by atoms with Gasteiger partial charge in [0.2, 0.25) is 11.8 Å². The minimum Gasteiger partial charge on any atom is -0.322 e. The largest absolute Gasteiger partial charge is 0.322 e. The van der Waals surface area contributed by atoms with Gasteiger partial charge in [-0.15, -0.1) is 0 Å². The molecule has 7 nitrogen and oxygen atoms in total. The van der Waals surface area contributed by atoms with Crippen LogP contribution < -0.4 is 16.0 Å². The second-order valence-corrected chi connectivity index (χ2v) is 8.94.